The van der Waals surface area contributed by atoms with E-state index in [0.717, 1.165) is 11.3 Å². The summed E-state index contributed by atoms with van der Waals surface area (Å²) in [6, 6.07) is 4.70. The number of halogens is 2. The highest BCUT2D eigenvalue weighted by atomic mass is 32.2. The predicted molar refractivity (Wildman–Crippen MR) is 62.1 cm³/mol. The number of sulfone groups is 1. The van der Waals surface area contributed by atoms with E-state index in [4.69, 9.17) is 5.73 Å². The maximum Gasteiger partial charge on any atom is 0.252 e. The summed E-state index contributed by atoms with van der Waals surface area (Å²) in [5.74, 6) is -1.21. The Labute approximate surface area is 100.0 Å². The number of hydrogen-bond acceptors (Lipinski definition) is 5. The van der Waals surface area contributed by atoms with Crippen molar-refractivity contribution >= 4 is 37.1 Å². The van der Waals surface area contributed by atoms with Gasteiger partial charge in [0.1, 0.15) is 5.75 Å². The van der Waals surface area contributed by atoms with Gasteiger partial charge < -0.3 is 5.73 Å². The third-order valence-electron chi connectivity index (χ3n) is 2.00. The predicted octanol–water partition coefficient (Wildman–Crippen LogP) is 1.92. The first-order chi connectivity index (χ1) is 7.88. The van der Waals surface area contributed by atoms with Crippen LogP contribution in [-0.2, 0) is 9.84 Å². The zero-order chi connectivity index (χ0) is 12.6. The van der Waals surface area contributed by atoms with Gasteiger partial charge in [0.05, 0.1) is 10.2 Å². The van der Waals surface area contributed by atoms with Gasteiger partial charge in [-0.3, -0.25) is 0 Å². The molecular formula is C9H8F2N2O2S2. The minimum absolute atomic E-state index is 0.293. The molecule has 0 unspecified atom stereocenters. The minimum Gasteiger partial charge on any atom is -0.399 e. The molecule has 0 fully saturated rings. The molecule has 2 rings (SSSR count). The first kappa shape index (κ1) is 12.2. The van der Waals surface area contributed by atoms with Crippen molar-refractivity contribution in [3.05, 3.63) is 18.2 Å². The molecule has 0 radical (unpaired) electrons. The number of nitrogens with zero attached hydrogens (tertiary/aromatic N) is 1. The van der Waals surface area contributed by atoms with Crippen molar-refractivity contribution in [1.29, 1.82) is 0 Å². The number of nitrogen functional groups attached to an aromatic ring is 1. The Kier molecular flexibility index (Phi) is 3.00. The van der Waals surface area contributed by atoms with Gasteiger partial charge in [0.2, 0.25) is 14.2 Å². The summed E-state index contributed by atoms with van der Waals surface area (Å²) in [5.41, 5.74) is 6.45. The fourth-order valence-electron chi connectivity index (χ4n) is 1.29. The van der Waals surface area contributed by atoms with E-state index in [0.29, 0.717) is 15.9 Å². The van der Waals surface area contributed by atoms with Crippen molar-refractivity contribution in [3.8, 4) is 0 Å². The first-order valence-corrected chi connectivity index (χ1v) is 7.02. The summed E-state index contributed by atoms with van der Waals surface area (Å²) in [4.78, 5) is 3.82. The Morgan fingerprint density at radius 1 is 1.41 bits per heavy atom. The van der Waals surface area contributed by atoms with Crippen LogP contribution in [0.2, 0.25) is 0 Å². The van der Waals surface area contributed by atoms with E-state index in [2.05, 4.69) is 4.98 Å². The summed E-state index contributed by atoms with van der Waals surface area (Å²) in [5, 5.41) is 0. The summed E-state index contributed by atoms with van der Waals surface area (Å²) >= 11 is 0.848. The van der Waals surface area contributed by atoms with Gasteiger partial charge in [-0.25, -0.2) is 22.2 Å². The van der Waals surface area contributed by atoms with Crippen molar-refractivity contribution in [2.24, 2.45) is 0 Å². The molecule has 4 nitrogen and oxygen atoms in total. The monoisotopic (exact) mass is 278 g/mol. The largest absolute Gasteiger partial charge is 0.399 e. The highest BCUT2D eigenvalue weighted by Crippen LogP contribution is 2.28. The first-order valence-electron chi connectivity index (χ1n) is 4.55. The van der Waals surface area contributed by atoms with Crippen LogP contribution in [0.1, 0.15) is 0 Å². The molecule has 2 aromatic rings. The fraction of sp³-hybridized carbons (Fsp3) is 0.222. The van der Waals surface area contributed by atoms with Crippen molar-refractivity contribution in [2.45, 2.75) is 10.8 Å². The minimum atomic E-state index is -4.02. The summed E-state index contributed by atoms with van der Waals surface area (Å²) in [7, 11) is -4.02. The molecule has 0 spiro atoms. The quantitative estimate of drug-likeness (QED) is 0.870. The molecule has 0 bridgehead atoms. The molecule has 1 aromatic heterocycles. The zero-order valence-electron chi connectivity index (χ0n) is 8.43. The average molecular weight is 278 g/mol. The second-order valence-electron chi connectivity index (χ2n) is 3.38. The Morgan fingerprint density at radius 3 is 2.76 bits per heavy atom. The van der Waals surface area contributed by atoms with E-state index in [-0.39, 0.29) is 4.34 Å². The molecule has 0 saturated carbocycles. The number of aromatic nitrogens is 1. The van der Waals surface area contributed by atoms with Gasteiger partial charge in [-0.15, -0.1) is 11.3 Å². The van der Waals surface area contributed by atoms with Crippen LogP contribution in [0.3, 0.4) is 0 Å². The van der Waals surface area contributed by atoms with Gasteiger partial charge in [-0.2, -0.15) is 0 Å². The van der Waals surface area contributed by atoms with Crippen LogP contribution in [0.4, 0.5) is 14.5 Å². The number of alkyl halides is 2. The lowest BCUT2D eigenvalue weighted by molar-refractivity contribution is 0.174. The molecule has 0 saturated heterocycles. The number of thiazole rings is 1. The average Bonchev–Trinajstić information content (AvgIpc) is 2.58. The summed E-state index contributed by atoms with van der Waals surface area (Å²) in [6.45, 7) is 0. The fourth-order valence-corrected chi connectivity index (χ4v) is 3.73. The zero-order valence-corrected chi connectivity index (χ0v) is 10.1. The maximum absolute atomic E-state index is 12.1. The van der Waals surface area contributed by atoms with Crippen LogP contribution in [-0.4, -0.2) is 25.6 Å². The molecule has 92 valence electrons. The van der Waals surface area contributed by atoms with Crippen LogP contribution in [0.15, 0.2) is 22.5 Å². The second kappa shape index (κ2) is 4.19. The van der Waals surface area contributed by atoms with Gasteiger partial charge in [-0.05, 0) is 18.2 Å². The third kappa shape index (κ3) is 2.52. The van der Waals surface area contributed by atoms with Gasteiger partial charge in [0.15, 0.2) is 0 Å². The van der Waals surface area contributed by atoms with E-state index in [1.807, 2.05) is 0 Å². The Hall–Kier alpha value is -1.28. The molecule has 0 atom stereocenters. The van der Waals surface area contributed by atoms with E-state index in [9.17, 15) is 17.2 Å². The number of nitrogens with two attached hydrogens (primary N) is 1. The van der Waals surface area contributed by atoms with Crippen molar-refractivity contribution in [2.75, 3.05) is 11.5 Å². The molecule has 2 N–H and O–H groups in total. The number of hydrogen-bond donors (Lipinski definition) is 1. The van der Waals surface area contributed by atoms with Crippen molar-refractivity contribution in [1.82, 2.24) is 4.98 Å². The van der Waals surface area contributed by atoms with E-state index >= 15 is 0 Å². The molecule has 17 heavy (non-hydrogen) atoms. The molecule has 0 aliphatic heterocycles. The van der Waals surface area contributed by atoms with Crippen LogP contribution in [0, 0.1) is 0 Å². The maximum atomic E-state index is 12.1. The lowest BCUT2D eigenvalue weighted by atomic mass is 10.3. The van der Waals surface area contributed by atoms with E-state index in [1.54, 1.807) is 18.2 Å². The lowest BCUT2D eigenvalue weighted by Crippen LogP contribution is -2.13. The standard InChI is InChI=1S/C9H8F2N2O2S2/c10-8(11)4-17(14,15)9-13-6-2-1-5(12)3-7(6)16-9/h1-3,8H,4,12H2. The smallest absolute Gasteiger partial charge is 0.252 e. The van der Waals surface area contributed by atoms with Gasteiger partial charge in [0.25, 0.3) is 6.43 Å². The SMILES string of the molecule is Nc1ccc2nc(S(=O)(=O)CC(F)F)sc2c1. The lowest BCUT2D eigenvalue weighted by Gasteiger charge is -1.97. The Bertz CT molecular complexity index is 652. The molecular weight excluding hydrogens is 270 g/mol. The summed E-state index contributed by atoms with van der Waals surface area (Å²) < 4.78 is 47.6. The number of fused-ring (bicyclic) bond motifs is 1. The Morgan fingerprint density at radius 2 is 2.12 bits per heavy atom. The number of rotatable bonds is 3. The molecule has 0 amide bonds. The van der Waals surface area contributed by atoms with Crippen molar-refractivity contribution < 1.29 is 17.2 Å². The van der Waals surface area contributed by atoms with Gasteiger partial charge in [-0.1, -0.05) is 0 Å². The second-order valence-corrected chi connectivity index (χ2v) is 6.62. The number of anilines is 1. The van der Waals surface area contributed by atoms with Crippen LogP contribution in [0.5, 0.6) is 0 Å². The normalized spacial score (nSPS) is 12.4. The third-order valence-corrected chi connectivity index (χ3v) is 5.14. The van der Waals surface area contributed by atoms with Gasteiger partial charge in [0, 0.05) is 5.69 Å². The van der Waals surface area contributed by atoms with Crippen LogP contribution in [0.25, 0.3) is 10.2 Å². The molecule has 1 aromatic carbocycles. The Balaban J connectivity index is 2.50. The molecule has 8 heteroatoms. The van der Waals surface area contributed by atoms with Crippen LogP contribution < -0.4 is 5.73 Å². The number of benzene rings is 1. The van der Waals surface area contributed by atoms with Crippen LogP contribution >= 0.6 is 11.3 Å². The highest BCUT2D eigenvalue weighted by molar-refractivity contribution is 7.93. The van der Waals surface area contributed by atoms with E-state index < -0.39 is 22.0 Å². The van der Waals surface area contributed by atoms with E-state index in [1.165, 1.54) is 0 Å². The van der Waals surface area contributed by atoms with Crippen molar-refractivity contribution in [3.63, 3.8) is 0 Å². The molecule has 0 aliphatic rings. The molecule has 1 heterocycles. The summed E-state index contributed by atoms with van der Waals surface area (Å²) in [6.07, 6.45) is -2.91. The highest BCUT2D eigenvalue weighted by Gasteiger charge is 2.24. The van der Waals surface area contributed by atoms with Gasteiger partial charge >= 0.3 is 0 Å². The molecule has 0 aliphatic carbocycles. The topological polar surface area (TPSA) is 73.0 Å².